The van der Waals surface area contributed by atoms with Gasteiger partial charge in [0, 0.05) is 12.2 Å². The van der Waals surface area contributed by atoms with Crippen LogP contribution in [-0.2, 0) is 6.42 Å². The molecule has 0 bridgehead atoms. The van der Waals surface area contributed by atoms with Crippen LogP contribution in [0.15, 0.2) is 12.3 Å². The molecule has 3 nitrogen and oxygen atoms in total. The van der Waals surface area contributed by atoms with Crippen LogP contribution in [0.1, 0.15) is 69.5 Å². The van der Waals surface area contributed by atoms with E-state index in [4.69, 9.17) is 10.8 Å². The normalized spacial score (nSPS) is 29.5. The van der Waals surface area contributed by atoms with Crippen molar-refractivity contribution in [2.24, 2.45) is 11.7 Å². The average Bonchev–Trinajstić information content (AvgIpc) is 3.01. The summed E-state index contributed by atoms with van der Waals surface area (Å²) in [5.41, 5.74) is 7.44. The summed E-state index contributed by atoms with van der Waals surface area (Å²) >= 11 is 0. The number of nitrogens with zero attached hydrogens (tertiary/aromatic N) is 2. The highest BCUT2D eigenvalue weighted by atomic mass is 15.3. The lowest BCUT2D eigenvalue weighted by Gasteiger charge is -2.15. The zero-order valence-electron chi connectivity index (χ0n) is 11.9. The highest BCUT2D eigenvalue weighted by molar-refractivity contribution is 5.02. The summed E-state index contributed by atoms with van der Waals surface area (Å²) in [6.07, 6.45) is 15.1. The van der Waals surface area contributed by atoms with Gasteiger partial charge in [0.2, 0.25) is 0 Å². The molecule has 2 fully saturated rings. The van der Waals surface area contributed by atoms with Crippen LogP contribution in [0.2, 0.25) is 0 Å². The lowest BCUT2D eigenvalue weighted by Crippen LogP contribution is -2.22. The van der Waals surface area contributed by atoms with E-state index < -0.39 is 0 Å². The fraction of sp³-hybridized carbons (Fsp3) is 0.812. The Morgan fingerprint density at radius 3 is 2.68 bits per heavy atom. The van der Waals surface area contributed by atoms with Gasteiger partial charge in [-0.25, -0.2) is 0 Å². The van der Waals surface area contributed by atoms with Crippen LogP contribution in [0, 0.1) is 5.92 Å². The second kappa shape index (κ2) is 6.08. The Balaban J connectivity index is 1.59. The molecular weight excluding hydrogens is 234 g/mol. The van der Waals surface area contributed by atoms with Crippen LogP contribution in [0.4, 0.5) is 0 Å². The molecule has 0 aromatic carbocycles. The lowest BCUT2D eigenvalue weighted by atomic mass is 9.93. The molecule has 0 spiro atoms. The molecule has 2 aliphatic carbocycles. The number of aromatic nitrogens is 2. The van der Waals surface area contributed by atoms with Gasteiger partial charge in [-0.3, -0.25) is 4.68 Å². The first-order valence-electron chi connectivity index (χ1n) is 8.11. The molecule has 1 aromatic heterocycles. The molecule has 0 saturated heterocycles. The molecule has 3 rings (SSSR count). The molecule has 0 aliphatic heterocycles. The van der Waals surface area contributed by atoms with Crippen molar-refractivity contribution in [3.8, 4) is 0 Å². The molecule has 1 heterocycles. The number of nitrogens with two attached hydrogens (primary N) is 1. The molecule has 3 heteroatoms. The molecule has 2 saturated carbocycles. The highest BCUT2D eigenvalue weighted by Gasteiger charge is 2.21. The maximum absolute atomic E-state index is 6.16. The minimum Gasteiger partial charge on any atom is -0.328 e. The lowest BCUT2D eigenvalue weighted by molar-refractivity contribution is 0.417. The molecule has 19 heavy (non-hydrogen) atoms. The van der Waals surface area contributed by atoms with Gasteiger partial charge in [-0.1, -0.05) is 32.1 Å². The van der Waals surface area contributed by atoms with Crippen molar-refractivity contribution in [2.75, 3.05) is 0 Å². The van der Waals surface area contributed by atoms with Crippen LogP contribution >= 0.6 is 0 Å². The van der Waals surface area contributed by atoms with E-state index in [1.807, 2.05) is 0 Å². The standard InChI is InChI=1S/C16H27N3/c17-14-6-2-1-5-13(11-14)12-15-9-10-19(18-15)16-7-3-4-8-16/h9-10,13-14,16H,1-8,11-12,17H2. The molecule has 0 amide bonds. The number of hydrogen-bond acceptors (Lipinski definition) is 2. The maximum atomic E-state index is 6.16. The van der Waals surface area contributed by atoms with Gasteiger partial charge in [0.1, 0.15) is 0 Å². The Morgan fingerprint density at radius 1 is 1.11 bits per heavy atom. The molecule has 1 aromatic rings. The van der Waals surface area contributed by atoms with Gasteiger partial charge < -0.3 is 5.73 Å². The Labute approximate surface area is 116 Å². The van der Waals surface area contributed by atoms with E-state index in [2.05, 4.69) is 16.9 Å². The minimum absolute atomic E-state index is 0.421. The van der Waals surface area contributed by atoms with Crippen molar-refractivity contribution < 1.29 is 0 Å². The van der Waals surface area contributed by atoms with Crippen molar-refractivity contribution in [2.45, 2.75) is 76.3 Å². The van der Waals surface area contributed by atoms with Crippen LogP contribution in [0.3, 0.4) is 0 Å². The summed E-state index contributed by atoms with van der Waals surface area (Å²) in [6, 6.07) is 3.32. The summed E-state index contributed by atoms with van der Waals surface area (Å²) in [5.74, 6) is 0.754. The van der Waals surface area contributed by atoms with Crippen LogP contribution in [-0.4, -0.2) is 15.8 Å². The van der Waals surface area contributed by atoms with Crippen LogP contribution in [0.5, 0.6) is 0 Å². The summed E-state index contributed by atoms with van der Waals surface area (Å²) in [6.45, 7) is 0. The third kappa shape index (κ3) is 3.38. The van der Waals surface area contributed by atoms with Gasteiger partial charge in [-0.2, -0.15) is 5.10 Å². The Kier molecular flexibility index (Phi) is 4.21. The SMILES string of the molecule is NC1CCCCC(Cc2ccn(C3CCCC3)n2)C1. The highest BCUT2D eigenvalue weighted by Crippen LogP contribution is 2.29. The second-order valence-electron chi connectivity index (χ2n) is 6.58. The first-order valence-corrected chi connectivity index (χ1v) is 8.11. The summed E-state index contributed by atoms with van der Waals surface area (Å²) < 4.78 is 2.22. The molecule has 2 atom stereocenters. The van der Waals surface area contributed by atoms with Crippen LogP contribution < -0.4 is 5.73 Å². The molecular formula is C16H27N3. The average molecular weight is 261 g/mol. The molecule has 106 valence electrons. The van der Waals surface area contributed by atoms with Gasteiger partial charge in [0.15, 0.2) is 0 Å². The quantitative estimate of drug-likeness (QED) is 0.847. The second-order valence-corrected chi connectivity index (χ2v) is 6.58. The van der Waals surface area contributed by atoms with Gasteiger partial charge in [0.05, 0.1) is 11.7 Å². The van der Waals surface area contributed by atoms with Crippen molar-refractivity contribution in [3.05, 3.63) is 18.0 Å². The Bertz CT molecular complexity index is 392. The van der Waals surface area contributed by atoms with Crippen LogP contribution in [0.25, 0.3) is 0 Å². The van der Waals surface area contributed by atoms with E-state index >= 15 is 0 Å². The topological polar surface area (TPSA) is 43.8 Å². The van der Waals surface area contributed by atoms with E-state index in [9.17, 15) is 0 Å². The first-order chi connectivity index (χ1) is 9.31. The van der Waals surface area contributed by atoms with E-state index in [0.29, 0.717) is 12.1 Å². The molecule has 2 aliphatic rings. The maximum Gasteiger partial charge on any atom is 0.0627 e. The minimum atomic E-state index is 0.421. The van der Waals surface area contributed by atoms with E-state index in [1.165, 1.54) is 63.5 Å². The third-order valence-corrected chi connectivity index (χ3v) is 4.93. The van der Waals surface area contributed by atoms with Gasteiger partial charge >= 0.3 is 0 Å². The van der Waals surface area contributed by atoms with Crippen molar-refractivity contribution >= 4 is 0 Å². The van der Waals surface area contributed by atoms with Crippen molar-refractivity contribution in [1.82, 2.24) is 9.78 Å². The largest absolute Gasteiger partial charge is 0.328 e. The monoisotopic (exact) mass is 261 g/mol. The molecule has 2 unspecified atom stereocenters. The zero-order valence-corrected chi connectivity index (χ0v) is 11.9. The number of rotatable bonds is 3. The number of hydrogen-bond donors (Lipinski definition) is 1. The molecule has 2 N–H and O–H groups in total. The molecule has 0 radical (unpaired) electrons. The zero-order chi connectivity index (χ0) is 13.1. The summed E-state index contributed by atoms with van der Waals surface area (Å²) in [5, 5.41) is 4.82. The smallest absolute Gasteiger partial charge is 0.0627 e. The van der Waals surface area contributed by atoms with E-state index in [1.54, 1.807) is 0 Å². The van der Waals surface area contributed by atoms with Crippen molar-refractivity contribution in [3.63, 3.8) is 0 Å². The Hall–Kier alpha value is -0.830. The fourth-order valence-electron chi connectivity index (χ4n) is 3.84. The van der Waals surface area contributed by atoms with Gasteiger partial charge in [-0.15, -0.1) is 0 Å². The fourth-order valence-corrected chi connectivity index (χ4v) is 3.84. The Morgan fingerprint density at radius 2 is 1.84 bits per heavy atom. The van der Waals surface area contributed by atoms with Gasteiger partial charge in [-0.05, 0) is 44.1 Å². The van der Waals surface area contributed by atoms with Gasteiger partial charge in [0.25, 0.3) is 0 Å². The van der Waals surface area contributed by atoms with Crippen molar-refractivity contribution in [1.29, 1.82) is 0 Å². The summed E-state index contributed by atoms with van der Waals surface area (Å²) in [4.78, 5) is 0. The predicted octanol–water partition coefficient (Wildman–Crippen LogP) is 3.45. The third-order valence-electron chi connectivity index (χ3n) is 4.93. The first kappa shape index (κ1) is 13.2. The summed E-state index contributed by atoms with van der Waals surface area (Å²) in [7, 11) is 0. The van der Waals surface area contributed by atoms with E-state index in [-0.39, 0.29) is 0 Å². The predicted molar refractivity (Wildman–Crippen MR) is 78.0 cm³/mol. The van der Waals surface area contributed by atoms with E-state index in [0.717, 1.165) is 12.3 Å².